The molecule has 1 aliphatic rings. The molecule has 2 aromatic rings. The van der Waals surface area contributed by atoms with Crippen LogP contribution in [0.5, 0.6) is 0 Å². The van der Waals surface area contributed by atoms with Crippen molar-refractivity contribution >= 4 is 21.6 Å². The summed E-state index contributed by atoms with van der Waals surface area (Å²) in [5, 5.41) is 0. The molecule has 29 heavy (non-hydrogen) atoms. The SMILES string of the molecule is CC(=O)N1c2ccc(S(=O)(=O)N(CCN(C)C)Cc3ccccc3)cc2CC1C. The summed E-state index contributed by atoms with van der Waals surface area (Å²) < 4.78 is 28.5. The number of likely N-dealkylation sites (N-methyl/N-ethyl adjacent to an activating group) is 1. The van der Waals surface area contributed by atoms with E-state index in [9.17, 15) is 13.2 Å². The molecule has 1 unspecified atom stereocenters. The predicted octanol–water partition coefficient (Wildman–Crippen LogP) is 2.74. The van der Waals surface area contributed by atoms with Crippen molar-refractivity contribution in [2.24, 2.45) is 0 Å². The van der Waals surface area contributed by atoms with Crippen LogP contribution in [0, 0.1) is 0 Å². The van der Waals surface area contributed by atoms with Crippen molar-refractivity contribution in [3.8, 4) is 0 Å². The van der Waals surface area contributed by atoms with Crippen LogP contribution in [0.1, 0.15) is 25.0 Å². The molecule has 0 fully saturated rings. The number of anilines is 1. The maximum atomic E-state index is 13.5. The highest BCUT2D eigenvalue weighted by molar-refractivity contribution is 7.89. The lowest BCUT2D eigenvalue weighted by molar-refractivity contribution is -0.116. The van der Waals surface area contributed by atoms with Gasteiger partial charge in [-0.05, 0) is 56.8 Å². The summed E-state index contributed by atoms with van der Waals surface area (Å²) in [5.74, 6) is -0.0245. The van der Waals surface area contributed by atoms with Crippen LogP contribution in [-0.2, 0) is 27.8 Å². The molecule has 0 aliphatic carbocycles. The average molecular weight is 416 g/mol. The first-order valence-electron chi connectivity index (χ1n) is 9.81. The van der Waals surface area contributed by atoms with E-state index in [1.54, 1.807) is 30.0 Å². The lowest BCUT2D eigenvalue weighted by atomic mass is 10.1. The van der Waals surface area contributed by atoms with Gasteiger partial charge < -0.3 is 9.80 Å². The van der Waals surface area contributed by atoms with E-state index in [1.165, 1.54) is 4.31 Å². The van der Waals surface area contributed by atoms with Crippen LogP contribution in [0.3, 0.4) is 0 Å². The number of carbonyl (C=O) groups is 1. The molecule has 0 bridgehead atoms. The number of benzene rings is 2. The Bertz CT molecular complexity index is 974. The van der Waals surface area contributed by atoms with E-state index in [4.69, 9.17) is 0 Å². The Morgan fingerprint density at radius 3 is 2.41 bits per heavy atom. The highest BCUT2D eigenvalue weighted by Crippen LogP contribution is 2.34. The fourth-order valence-electron chi connectivity index (χ4n) is 3.78. The molecule has 1 aliphatic heterocycles. The van der Waals surface area contributed by atoms with E-state index < -0.39 is 10.0 Å². The smallest absolute Gasteiger partial charge is 0.243 e. The molecule has 2 aromatic carbocycles. The maximum Gasteiger partial charge on any atom is 0.243 e. The van der Waals surface area contributed by atoms with Crippen LogP contribution in [0.2, 0.25) is 0 Å². The summed E-state index contributed by atoms with van der Waals surface area (Å²) in [6.45, 7) is 4.88. The first-order valence-corrected chi connectivity index (χ1v) is 11.3. The van der Waals surface area contributed by atoms with Crippen LogP contribution in [-0.4, -0.2) is 56.8 Å². The molecule has 1 atom stereocenters. The van der Waals surface area contributed by atoms with Crippen molar-refractivity contribution in [2.75, 3.05) is 32.1 Å². The van der Waals surface area contributed by atoms with Crippen molar-refractivity contribution in [1.29, 1.82) is 0 Å². The number of fused-ring (bicyclic) bond motifs is 1. The zero-order chi connectivity index (χ0) is 21.2. The van der Waals surface area contributed by atoms with Gasteiger partial charge in [-0.15, -0.1) is 0 Å². The largest absolute Gasteiger partial charge is 0.309 e. The molecule has 6 nitrogen and oxygen atoms in total. The second-order valence-corrected chi connectivity index (χ2v) is 9.80. The van der Waals surface area contributed by atoms with Crippen molar-refractivity contribution in [3.63, 3.8) is 0 Å². The van der Waals surface area contributed by atoms with Crippen LogP contribution < -0.4 is 4.90 Å². The molecule has 3 rings (SSSR count). The van der Waals surface area contributed by atoms with Gasteiger partial charge >= 0.3 is 0 Å². The van der Waals surface area contributed by atoms with E-state index in [2.05, 4.69) is 0 Å². The number of rotatable bonds is 7. The first kappa shape index (κ1) is 21.5. The summed E-state index contributed by atoms with van der Waals surface area (Å²) in [5.41, 5.74) is 2.67. The van der Waals surface area contributed by atoms with Gasteiger partial charge in [-0.2, -0.15) is 4.31 Å². The number of carbonyl (C=O) groups excluding carboxylic acids is 1. The van der Waals surface area contributed by atoms with Crippen molar-refractivity contribution in [2.45, 2.75) is 37.8 Å². The average Bonchev–Trinajstić information content (AvgIpc) is 3.00. The normalized spacial score (nSPS) is 16.5. The Morgan fingerprint density at radius 2 is 1.79 bits per heavy atom. The van der Waals surface area contributed by atoms with Gasteiger partial charge in [0.25, 0.3) is 0 Å². The molecule has 0 spiro atoms. The quantitative estimate of drug-likeness (QED) is 0.698. The van der Waals surface area contributed by atoms with Crippen molar-refractivity contribution < 1.29 is 13.2 Å². The summed E-state index contributed by atoms with van der Waals surface area (Å²) >= 11 is 0. The molecular formula is C22H29N3O3S. The zero-order valence-electron chi connectivity index (χ0n) is 17.5. The summed E-state index contributed by atoms with van der Waals surface area (Å²) in [6, 6.07) is 14.8. The molecule has 0 N–H and O–H groups in total. The van der Waals surface area contributed by atoms with Gasteiger partial charge in [0.2, 0.25) is 15.9 Å². The number of nitrogens with zero attached hydrogens (tertiary/aromatic N) is 3. The molecule has 1 amide bonds. The zero-order valence-corrected chi connectivity index (χ0v) is 18.3. The fourth-order valence-corrected chi connectivity index (χ4v) is 5.25. The number of sulfonamides is 1. The van der Waals surface area contributed by atoms with E-state index >= 15 is 0 Å². The standard InChI is InChI=1S/C22H29N3O3S/c1-17-14-20-15-21(10-11-22(20)25(17)18(2)26)29(27,28)24(13-12-23(3)4)16-19-8-6-5-7-9-19/h5-11,15,17H,12-14,16H2,1-4H3. The number of amides is 1. The summed E-state index contributed by atoms with van der Waals surface area (Å²) in [6.07, 6.45) is 0.661. The Morgan fingerprint density at radius 1 is 1.10 bits per heavy atom. The minimum Gasteiger partial charge on any atom is -0.309 e. The van der Waals surface area contributed by atoms with Gasteiger partial charge in [0.1, 0.15) is 0 Å². The highest BCUT2D eigenvalue weighted by atomic mass is 32.2. The Balaban J connectivity index is 1.93. The lowest BCUT2D eigenvalue weighted by Gasteiger charge is -2.24. The molecule has 0 radical (unpaired) electrons. The Labute approximate surface area is 173 Å². The van der Waals surface area contributed by atoms with Gasteiger partial charge in [0.15, 0.2) is 0 Å². The highest BCUT2D eigenvalue weighted by Gasteiger charge is 2.32. The third kappa shape index (κ3) is 4.69. The lowest BCUT2D eigenvalue weighted by Crippen LogP contribution is -2.36. The van der Waals surface area contributed by atoms with Gasteiger partial charge in [-0.25, -0.2) is 8.42 Å². The second-order valence-electron chi connectivity index (χ2n) is 7.86. The third-order valence-corrected chi connectivity index (χ3v) is 7.08. The van der Waals surface area contributed by atoms with Crippen molar-refractivity contribution in [3.05, 3.63) is 59.7 Å². The molecule has 1 heterocycles. The van der Waals surface area contributed by atoms with E-state index in [1.807, 2.05) is 56.3 Å². The third-order valence-electron chi connectivity index (χ3n) is 5.24. The second kappa shape index (κ2) is 8.65. The molecule has 0 saturated heterocycles. The predicted molar refractivity (Wildman–Crippen MR) is 115 cm³/mol. The van der Waals surface area contributed by atoms with Gasteiger partial charge in [-0.3, -0.25) is 4.79 Å². The van der Waals surface area contributed by atoms with Crippen LogP contribution in [0.15, 0.2) is 53.4 Å². The van der Waals surface area contributed by atoms with Crippen LogP contribution in [0.4, 0.5) is 5.69 Å². The number of hydrogen-bond acceptors (Lipinski definition) is 4. The Kier molecular flexibility index (Phi) is 6.41. The van der Waals surface area contributed by atoms with Gasteiger partial charge in [0.05, 0.1) is 4.90 Å². The minimum absolute atomic E-state index is 0.0245. The Hall–Kier alpha value is -2.22. The minimum atomic E-state index is -3.67. The van der Waals surface area contributed by atoms with E-state index in [0.29, 0.717) is 26.1 Å². The van der Waals surface area contributed by atoms with Gasteiger partial charge in [-0.1, -0.05) is 30.3 Å². The fraction of sp³-hybridized carbons (Fsp3) is 0.409. The summed E-state index contributed by atoms with van der Waals surface area (Å²) in [7, 11) is 0.194. The molecule has 0 aromatic heterocycles. The monoisotopic (exact) mass is 415 g/mol. The molecule has 7 heteroatoms. The maximum absolute atomic E-state index is 13.5. The molecule has 156 valence electrons. The molecule has 0 saturated carbocycles. The molecular weight excluding hydrogens is 386 g/mol. The van der Waals surface area contributed by atoms with Crippen molar-refractivity contribution in [1.82, 2.24) is 9.21 Å². The van der Waals surface area contributed by atoms with Crippen LogP contribution >= 0.6 is 0 Å². The van der Waals surface area contributed by atoms with E-state index in [-0.39, 0.29) is 16.8 Å². The van der Waals surface area contributed by atoms with Crippen LogP contribution in [0.25, 0.3) is 0 Å². The summed E-state index contributed by atoms with van der Waals surface area (Å²) in [4.78, 5) is 15.9. The van der Waals surface area contributed by atoms with Gasteiger partial charge in [0, 0.05) is 38.3 Å². The topological polar surface area (TPSA) is 60.9 Å². The number of hydrogen-bond donors (Lipinski definition) is 0. The first-order chi connectivity index (χ1) is 13.7. The van der Waals surface area contributed by atoms with E-state index in [0.717, 1.165) is 16.8 Å².